The first-order valence-corrected chi connectivity index (χ1v) is 8.67. The molecule has 0 spiro atoms. The Morgan fingerprint density at radius 1 is 1.48 bits per heavy atom. The maximum Gasteiger partial charge on any atom is 0.417 e. The number of hydrogen-bond acceptors (Lipinski definition) is 3. The molecule has 1 atom stereocenters. The minimum absolute atomic E-state index is 0.0710. The number of nitrogens with one attached hydrogen (secondary N) is 1. The average Bonchev–Trinajstić information content (AvgIpc) is 3.23. The number of pyridine rings is 1. The van der Waals surface area contributed by atoms with Gasteiger partial charge in [0, 0.05) is 24.2 Å². The zero-order chi connectivity index (χ0) is 18.0. The van der Waals surface area contributed by atoms with Gasteiger partial charge in [0.15, 0.2) is 5.82 Å². The Morgan fingerprint density at radius 2 is 2.28 bits per heavy atom. The summed E-state index contributed by atoms with van der Waals surface area (Å²) in [6, 6.07) is 3.97. The van der Waals surface area contributed by atoms with Crippen LogP contribution in [0.5, 0.6) is 0 Å². The van der Waals surface area contributed by atoms with E-state index < -0.39 is 11.7 Å². The number of rotatable bonds is 4. The monoisotopic (exact) mass is 387 g/mol. The summed E-state index contributed by atoms with van der Waals surface area (Å²) < 4.78 is 39.5. The Bertz CT molecular complexity index is 811. The van der Waals surface area contributed by atoms with E-state index in [9.17, 15) is 18.0 Å². The van der Waals surface area contributed by atoms with Crippen molar-refractivity contribution in [3.8, 4) is 5.82 Å². The van der Waals surface area contributed by atoms with E-state index in [-0.39, 0.29) is 22.4 Å². The highest BCUT2D eigenvalue weighted by Gasteiger charge is 2.32. The summed E-state index contributed by atoms with van der Waals surface area (Å²) in [5.74, 6) is -0.267. The van der Waals surface area contributed by atoms with Crippen molar-refractivity contribution in [2.45, 2.75) is 17.8 Å². The topological polar surface area (TPSA) is 46.9 Å². The molecule has 0 saturated heterocycles. The van der Waals surface area contributed by atoms with Crippen LogP contribution in [0, 0.1) is 0 Å². The van der Waals surface area contributed by atoms with E-state index in [0.29, 0.717) is 18.0 Å². The van der Waals surface area contributed by atoms with E-state index in [0.717, 1.165) is 12.5 Å². The first kappa shape index (κ1) is 17.9. The molecule has 1 aliphatic heterocycles. The molecule has 1 amide bonds. The minimum Gasteiger partial charge on any atom is -0.350 e. The molecule has 0 radical (unpaired) electrons. The van der Waals surface area contributed by atoms with Crippen LogP contribution in [0.4, 0.5) is 13.2 Å². The molecule has 132 valence electrons. The molecule has 25 heavy (non-hydrogen) atoms. The molecule has 4 nitrogen and oxygen atoms in total. The molecule has 0 aromatic carbocycles. The Labute approximate surface area is 151 Å². The van der Waals surface area contributed by atoms with Gasteiger partial charge in [0.1, 0.15) is 5.69 Å². The normalized spacial score (nSPS) is 17.0. The molecule has 3 heterocycles. The number of allylic oxidation sites excluding steroid dienone is 1. The lowest BCUT2D eigenvalue weighted by Gasteiger charge is -2.14. The molecule has 2 aromatic rings. The summed E-state index contributed by atoms with van der Waals surface area (Å²) >= 11 is 7.60. The van der Waals surface area contributed by atoms with Gasteiger partial charge in [-0.2, -0.15) is 13.2 Å². The Kier molecular flexibility index (Phi) is 5.10. The van der Waals surface area contributed by atoms with Crippen molar-refractivity contribution in [3.05, 3.63) is 58.4 Å². The molecular formula is C16H13ClF3N3OS. The number of halogens is 4. The van der Waals surface area contributed by atoms with Gasteiger partial charge >= 0.3 is 6.18 Å². The Balaban J connectivity index is 1.80. The predicted octanol–water partition coefficient (Wildman–Crippen LogP) is 4.29. The first-order chi connectivity index (χ1) is 11.9. The number of carbonyl (C=O) groups is 1. The maximum absolute atomic E-state index is 12.7. The van der Waals surface area contributed by atoms with Gasteiger partial charge in [-0.15, -0.1) is 11.8 Å². The van der Waals surface area contributed by atoms with E-state index in [1.165, 1.54) is 10.8 Å². The quantitative estimate of drug-likeness (QED) is 0.851. The molecule has 0 fully saturated rings. The number of aromatic nitrogens is 2. The zero-order valence-corrected chi connectivity index (χ0v) is 14.3. The van der Waals surface area contributed by atoms with Crippen LogP contribution >= 0.6 is 23.4 Å². The standard InChI is InChI=1S/C16H13ClF3N3OS/c17-12-7-10(16(18,19)20)8-21-14(12)23-5-1-4-13(23)15(24)22-9-11-3-2-6-25-11/h1-2,4-8,11H,3,9H2,(H,22,24). The number of nitrogens with zero attached hydrogens (tertiary/aromatic N) is 2. The van der Waals surface area contributed by atoms with E-state index >= 15 is 0 Å². The van der Waals surface area contributed by atoms with Crippen LogP contribution in [0.2, 0.25) is 5.02 Å². The van der Waals surface area contributed by atoms with Crippen molar-refractivity contribution in [1.29, 1.82) is 0 Å². The molecule has 2 aromatic heterocycles. The van der Waals surface area contributed by atoms with E-state index in [2.05, 4.69) is 10.3 Å². The minimum atomic E-state index is -4.53. The summed E-state index contributed by atoms with van der Waals surface area (Å²) in [7, 11) is 0. The number of carbonyl (C=O) groups excluding carboxylic acids is 1. The van der Waals surface area contributed by atoms with Crippen molar-refractivity contribution < 1.29 is 18.0 Å². The molecule has 0 aliphatic carbocycles. The summed E-state index contributed by atoms with van der Waals surface area (Å²) in [6.07, 6.45) is 0.624. The van der Waals surface area contributed by atoms with Crippen molar-refractivity contribution in [2.24, 2.45) is 0 Å². The van der Waals surface area contributed by atoms with Gasteiger partial charge in [-0.3, -0.25) is 9.36 Å². The van der Waals surface area contributed by atoms with Crippen molar-refractivity contribution >= 4 is 29.3 Å². The number of hydrogen-bond donors (Lipinski definition) is 1. The molecule has 1 unspecified atom stereocenters. The largest absolute Gasteiger partial charge is 0.417 e. The lowest BCUT2D eigenvalue weighted by atomic mass is 10.2. The molecule has 0 bridgehead atoms. The molecule has 0 saturated carbocycles. The smallest absolute Gasteiger partial charge is 0.350 e. The van der Waals surface area contributed by atoms with Gasteiger partial charge in [-0.05, 0) is 30.0 Å². The number of alkyl halides is 3. The molecule has 1 N–H and O–H groups in total. The van der Waals surface area contributed by atoms with Crippen LogP contribution in [-0.2, 0) is 6.18 Å². The predicted molar refractivity (Wildman–Crippen MR) is 91.0 cm³/mol. The molecule has 3 rings (SSSR count). The van der Waals surface area contributed by atoms with Gasteiger partial charge in [0.05, 0.1) is 10.6 Å². The van der Waals surface area contributed by atoms with E-state index in [4.69, 9.17) is 11.6 Å². The van der Waals surface area contributed by atoms with Crippen molar-refractivity contribution in [1.82, 2.24) is 14.9 Å². The molecule has 1 aliphatic rings. The van der Waals surface area contributed by atoms with Gasteiger partial charge < -0.3 is 5.32 Å². The summed E-state index contributed by atoms with van der Waals surface area (Å²) in [4.78, 5) is 16.2. The zero-order valence-electron chi connectivity index (χ0n) is 12.8. The molecular weight excluding hydrogens is 375 g/mol. The van der Waals surface area contributed by atoms with Crippen molar-refractivity contribution in [2.75, 3.05) is 6.54 Å². The summed E-state index contributed by atoms with van der Waals surface area (Å²) in [5.41, 5.74) is -0.685. The third kappa shape index (κ3) is 4.01. The van der Waals surface area contributed by atoms with Crippen LogP contribution in [0.25, 0.3) is 5.82 Å². The van der Waals surface area contributed by atoms with E-state index in [1.54, 1.807) is 23.9 Å². The highest BCUT2D eigenvalue weighted by Crippen LogP contribution is 2.32. The van der Waals surface area contributed by atoms with Crippen molar-refractivity contribution in [3.63, 3.8) is 0 Å². The highest BCUT2D eigenvalue weighted by atomic mass is 35.5. The second-order valence-electron chi connectivity index (χ2n) is 5.37. The third-order valence-corrected chi connectivity index (χ3v) is 4.99. The lowest BCUT2D eigenvalue weighted by Crippen LogP contribution is -2.31. The Hall–Kier alpha value is -1.93. The second kappa shape index (κ2) is 7.13. The van der Waals surface area contributed by atoms with Crippen LogP contribution in [0.1, 0.15) is 22.5 Å². The SMILES string of the molecule is O=C(NCC1CC=CS1)c1cccn1-c1ncc(C(F)(F)F)cc1Cl. The first-order valence-electron chi connectivity index (χ1n) is 7.35. The van der Waals surface area contributed by atoms with Gasteiger partial charge in [0.2, 0.25) is 0 Å². The summed E-state index contributed by atoms with van der Waals surface area (Å²) in [6.45, 7) is 0.496. The lowest BCUT2D eigenvalue weighted by molar-refractivity contribution is -0.137. The average molecular weight is 388 g/mol. The van der Waals surface area contributed by atoms with Crippen LogP contribution in [0.15, 0.2) is 42.1 Å². The fourth-order valence-electron chi connectivity index (χ4n) is 2.37. The summed E-state index contributed by atoms with van der Waals surface area (Å²) in [5, 5.41) is 4.92. The van der Waals surface area contributed by atoms with Crippen LogP contribution in [0.3, 0.4) is 0 Å². The van der Waals surface area contributed by atoms with E-state index in [1.807, 2.05) is 11.5 Å². The highest BCUT2D eigenvalue weighted by molar-refractivity contribution is 8.03. The van der Waals surface area contributed by atoms with Crippen LogP contribution < -0.4 is 5.32 Å². The maximum atomic E-state index is 12.7. The van der Waals surface area contributed by atoms with Crippen LogP contribution in [-0.4, -0.2) is 27.3 Å². The van der Waals surface area contributed by atoms with Gasteiger partial charge in [-0.1, -0.05) is 17.7 Å². The number of amides is 1. The second-order valence-corrected chi connectivity index (χ2v) is 6.98. The Morgan fingerprint density at radius 3 is 2.92 bits per heavy atom. The number of thioether (sulfide) groups is 1. The third-order valence-electron chi connectivity index (χ3n) is 3.62. The van der Waals surface area contributed by atoms with Gasteiger partial charge in [0.25, 0.3) is 5.91 Å². The van der Waals surface area contributed by atoms with Gasteiger partial charge in [-0.25, -0.2) is 4.98 Å². The fourth-order valence-corrected chi connectivity index (χ4v) is 3.48. The fraction of sp³-hybridized carbons (Fsp3) is 0.250. The molecule has 9 heteroatoms.